The van der Waals surface area contributed by atoms with Crippen LogP contribution in [0.1, 0.15) is 11.1 Å². The van der Waals surface area contributed by atoms with Crippen LogP contribution in [0.15, 0.2) is 6.07 Å². The molecule has 0 bridgehead atoms. The summed E-state index contributed by atoms with van der Waals surface area (Å²) >= 11 is 0. The third kappa shape index (κ3) is 1.66. The zero-order chi connectivity index (χ0) is 10.2. The molecule has 0 saturated heterocycles. The molecule has 0 aliphatic heterocycles. The molecular formula is C8H10BFO3. The Bertz CT molecular complexity index is 312. The molecule has 1 aromatic carbocycles. The Kier molecular flexibility index (Phi) is 2.59. The first-order chi connectivity index (χ1) is 5.95. The van der Waals surface area contributed by atoms with Crippen LogP contribution in [0.25, 0.3) is 0 Å². The lowest BCUT2D eigenvalue weighted by Gasteiger charge is -2.10. The maximum absolute atomic E-state index is 13.0. The first-order valence-electron chi connectivity index (χ1n) is 3.80. The number of phenols is 1. The quantitative estimate of drug-likeness (QED) is 0.531. The average molecular weight is 184 g/mol. The number of hydrogen-bond donors (Lipinski definition) is 3. The topological polar surface area (TPSA) is 60.7 Å². The summed E-state index contributed by atoms with van der Waals surface area (Å²) in [5.41, 5.74) is 0.455. The third-order valence-corrected chi connectivity index (χ3v) is 2.07. The van der Waals surface area contributed by atoms with Crippen molar-refractivity contribution in [3.8, 4) is 5.75 Å². The van der Waals surface area contributed by atoms with Gasteiger partial charge in [0.05, 0.1) is 0 Å². The summed E-state index contributed by atoms with van der Waals surface area (Å²) < 4.78 is 13.0. The Morgan fingerprint density at radius 2 is 1.77 bits per heavy atom. The van der Waals surface area contributed by atoms with Gasteiger partial charge in [0.1, 0.15) is 11.6 Å². The van der Waals surface area contributed by atoms with Gasteiger partial charge in [0.2, 0.25) is 0 Å². The molecule has 70 valence electrons. The lowest BCUT2D eigenvalue weighted by atomic mass is 9.74. The fourth-order valence-corrected chi connectivity index (χ4v) is 1.27. The van der Waals surface area contributed by atoms with E-state index in [4.69, 9.17) is 10.0 Å². The van der Waals surface area contributed by atoms with Gasteiger partial charge >= 0.3 is 7.12 Å². The van der Waals surface area contributed by atoms with E-state index in [1.165, 1.54) is 13.8 Å². The third-order valence-electron chi connectivity index (χ3n) is 2.07. The molecule has 0 amide bonds. The summed E-state index contributed by atoms with van der Waals surface area (Å²) in [4.78, 5) is 0. The van der Waals surface area contributed by atoms with Crippen LogP contribution in [0.5, 0.6) is 5.75 Å². The highest BCUT2D eigenvalue weighted by atomic mass is 19.1. The van der Waals surface area contributed by atoms with Crippen LogP contribution in [-0.2, 0) is 0 Å². The number of aromatic hydroxyl groups is 1. The molecule has 0 spiro atoms. The maximum atomic E-state index is 13.0. The molecule has 0 atom stereocenters. The van der Waals surface area contributed by atoms with Crippen molar-refractivity contribution in [3.63, 3.8) is 0 Å². The van der Waals surface area contributed by atoms with Crippen LogP contribution >= 0.6 is 0 Å². The largest absolute Gasteiger partial charge is 0.508 e. The Hall–Kier alpha value is -1.07. The number of halogens is 1. The van der Waals surface area contributed by atoms with Crippen molar-refractivity contribution >= 4 is 12.6 Å². The van der Waals surface area contributed by atoms with E-state index in [1.807, 2.05) is 0 Å². The molecule has 13 heavy (non-hydrogen) atoms. The van der Waals surface area contributed by atoms with E-state index >= 15 is 0 Å². The molecule has 3 N–H and O–H groups in total. The van der Waals surface area contributed by atoms with Gasteiger partial charge in [-0.2, -0.15) is 0 Å². The first kappa shape index (κ1) is 10.0. The molecule has 0 heterocycles. The van der Waals surface area contributed by atoms with E-state index < -0.39 is 12.9 Å². The molecule has 0 saturated carbocycles. The van der Waals surface area contributed by atoms with Crippen molar-refractivity contribution < 1.29 is 19.5 Å². The lowest BCUT2D eigenvalue weighted by Crippen LogP contribution is -2.35. The van der Waals surface area contributed by atoms with Crippen LogP contribution in [-0.4, -0.2) is 22.3 Å². The lowest BCUT2D eigenvalue weighted by molar-refractivity contribution is 0.422. The summed E-state index contributed by atoms with van der Waals surface area (Å²) in [6.07, 6.45) is 0. The highest BCUT2D eigenvalue weighted by molar-refractivity contribution is 6.59. The van der Waals surface area contributed by atoms with Gasteiger partial charge in [-0.3, -0.25) is 0 Å². The van der Waals surface area contributed by atoms with E-state index in [9.17, 15) is 9.50 Å². The van der Waals surface area contributed by atoms with Gasteiger partial charge < -0.3 is 15.2 Å². The van der Waals surface area contributed by atoms with Gasteiger partial charge in [-0.25, -0.2) is 4.39 Å². The summed E-state index contributed by atoms with van der Waals surface area (Å²) in [5.74, 6) is -0.919. The van der Waals surface area contributed by atoms with Crippen molar-refractivity contribution in [2.45, 2.75) is 13.8 Å². The van der Waals surface area contributed by atoms with Crippen LogP contribution in [0.4, 0.5) is 4.39 Å². The fraction of sp³-hybridized carbons (Fsp3) is 0.250. The monoisotopic (exact) mass is 184 g/mol. The van der Waals surface area contributed by atoms with Gasteiger partial charge in [-0.1, -0.05) is 0 Å². The number of rotatable bonds is 1. The molecule has 0 fully saturated rings. The van der Waals surface area contributed by atoms with Crippen molar-refractivity contribution in [1.82, 2.24) is 0 Å². The minimum atomic E-state index is -1.76. The summed E-state index contributed by atoms with van der Waals surface area (Å²) in [6.45, 7) is 2.92. The molecule has 1 aromatic rings. The van der Waals surface area contributed by atoms with Crippen LogP contribution in [0.2, 0.25) is 0 Å². The second-order valence-corrected chi connectivity index (χ2v) is 2.91. The van der Waals surface area contributed by atoms with Gasteiger partial charge in [-0.15, -0.1) is 0 Å². The van der Waals surface area contributed by atoms with E-state index in [2.05, 4.69) is 0 Å². The van der Waals surface area contributed by atoms with E-state index in [1.54, 1.807) is 0 Å². The molecule has 5 heteroatoms. The first-order valence-corrected chi connectivity index (χ1v) is 3.80. The smallest absolute Gasteiger partial charge is 0.489 e. The molecular weight excluding hydrogens is 174 g/mol. The molecule has 0 radical (unpaired) electrons. The van der Waals surface area contributed by atoms with Gasteiger partial charge in [-0.05, 0) is 30.4 Å². The normalized spacial score (nSPS) is 10.2. The summed E-state index contributed by atoms with van der Waals surface area (Å²) in [5, 5.41) is 27.0. The fourth-order valence-electron chi connectivity index (χ4n) is 1.27. The molecule has 0 unspecified atom stereocenters. The number of benzene rings is 1. The SMILES string of the molecule is Cc1c(O)cc(F)c(C)c1B(O)O. The van der Waals surface area contributed by atoms with Crippen molar-refractivity contribution in [2.75, 3.05) is 0 Å². The average Bonchev–Trinajstić information content (AvgIpc) is 2.01. The predicted molar refractivity (Wildman–Crippen MR) is 47.4 cm³/mol. The van der Waals surface area contributed by atoms with Crippen molar-refractivity contribution in [3.05, 3.63) is 23.0 Å². The van der Waals surface area contributed by atoms with E-state index in [0.717, 1.165) is 6.07 Å². The second-order valence-electron chi connectivity index (χ2n) is 2.91. The molecule has 0 aromatic heterocycles. The van der Waals surface area contributed by atoms with Gasteiger partial charge in [0, 0.05) is 6.07 Å². The summed E-state index contributed by atoms with van der Waals surface area (Å²) in [6, 6.07) is 0.955. The zero-order valence-corrected chi connectivity index (χ0v) is 7.37. The van der Waals surface area contributed by atoms with Gasteiger partial charge in [0.25, 0.3) is 0 Å². The second kappa shape index (κ2) is 3.36. The van der Waals surface area contributed by atoms with Crippen LogP contribution < -0.4 is 5.46 Å². The molecule has 0 aliphatic rings. The number of hydrogen-bond acceptors (Lipinski definition) is 3. The minimum absolute atomic E-state index is 0.0255. The van der Waals surface area contributed by atoms with E-state index in [-0.39, 0.29) is 22.3 Å². The molecule has 3 nitrogen and oxygen atoms in total. The Morgan fingerprint density at radius 3 is 2.23 bits per heavy atom. The highest BCUT2D eigenvalue weighted by Crippen LogP contribution is 2.18. The van der Waals surface area contributed by atoms with E-state index in [0.29, 0.717) is 0 Å². The highest BCUT2D eigenvalue weighted by Gasteiger charge is 2.21. The zero-order valence-electron chi connectivity index (χ0n) is 7.37. The van der Waals surface area contributed by atoms with Crippen molar-refractivity contribution in [1.29, 1.82) is 0 Å². The van der Waals surface area contributed by atoms with Crippen molar-refractivity contribution in [2.24, 2.45) is 0 Å². The molecule has 0 aliphatic carbocycles. The Balaban J connectivity index is 3.46. The Labute approximate surface area is 75.6 Å². The molecule has 1 rings (SSSR count). The maximum Gasteiger partial charge on any atom is 0.489 e. The van der Waals surface area contributed by atoms with Crippen LogP contribution in [0, 0.1) is 19.7 Å². The Morgan fingerprint density at radius 1 is 1.23 bits per heavy atom. The minimum Gasteiger partial charge on any atom is -0.508 e. The summed E-state index contributed by atoms with van der Waals surface area (Å²) in [7, 11) is -1.76. The number of phenolic OH excluding ortho intramolecular Hbond substituents is 1. The van der Waals surface area contributed by atoms with Crippen LogP contribution in [0.3, 0.4) is 0 Å². The standard InChI is InChI=1S/C8H10BFO3/c1-4-6(10)3-7(11)5(2)8(4)9(12)13/h3,11-13H,1-2H3. The van der Waals surface area contributed by atoms with Gasteiger partial charge in [0.15, 0.2) is 0 Å². The predicted octanol–water partition coefficient (Wildman–Crippen LogP) is -0.172.